The summed E-state index contributed by atoms with van der Waals surface area (Å²) < 4.78 is 6.22. The minimum Gasteiger partial charge on any atom is -0.445 e. The summed E-state index contributed by atoms with van der Waals surface area (Å²) in [7, 11) is 0. The van der Waals surface area contributed by atoms with E-state index < -0.39 is 11.6 Å². The molecule has 2 aromatic rings. The van der Waals surface area contributed by atoms with E-state index in [1.807, 2.05) is 6.07 Å². The highest BCUT2D eigenvalue weighted by molar-refractivity contribution is 9.10. The maximum atomic E-state index is 12.4. The molecule has 0 fully saturated rings. The van der Waals surface area contributed by atoms with Crippen molar-refractivity contribution in [2.45, 2.75) is 18.9 Å². The Morgan fingerprint density at radius 2 is 2.33 bits per heavy atom. The topological polar surface area (TPSA) is 68.3 Å². The molecular weight excluding hydrogens is 356 g/mol. The number of anilines is 1. The molecule has 1 aromatic carbocycles. The van der Waals surface area contributed by atoms with Crippen molar-refractivity contribution < 1.29 is 14.3 Å². The van der Waals surface area contributed by atoms with Gasteiger partial charge in [-0.25, -0.2) is 9.78 Å². The maximum Gasteiger partial charge on any atom is 0.339 e. The predicted molar refractivity (Wildman–Crippen MR) is 82.4 cm³/mol. The molecule has 0 saturated carbocycles. The first kappa shape index (κ1) is 14.2. The molecule has 7 heteroatoms. The number of amides is 1. The molecular formula is C14H11BrN2O3S. The van der Waals surface area contributed by atoms with Crippen LogP contribution in [0.15, 0.2) is 34.2 Å². The fourth-order valence-corrected chi connectivity index (χ4v) is 3.14. The standard InChI is InChI=1S/C14H11BrN2O3S/c1-14(12(19)17-13-16-4-5-21-13)7-8-6-9(15)2-3-10(8)11(18)20-14/h2-6H,7H2,1H3,(H,16,17,19). The molecule has 2 heterocycles. The van der Waals surface area contributed by atoms with Crippen molar-refractivity contribution in [2.24, 2.45) is 0 Å². The summed E-state index contributed by atoms with van der Waals surface area (Å²) in [4.78, 5) is 28.5. The Balaban J connectivity index is 1.89. The van der Waals surface area contributed by atoms with Crippen LogP contribution in [0.4, 0.5) is 5.13 Å². The molecule has 108 valence electrons. The van der Waals surface area contributed by atoms with Gasteiger partial charge in [-0.05, 0) is 30.7 Å². The van der Waals surface area contributed by atoms with E-state index in [0.717, 1.165) is 10.0 Å². The van der Waals surface area contributed by atoms with E-state index >= 15 is 0 Å². The first-order valence-corrected chi connectivity index (χ1v) is 7.88. The van der Waals surface area contributed by atoms with Crippen molar-refractivity contribution in [3.8, 4) is 0 Å². The number of cyclic esters (lactones) is 1. The number of hydrogen-bond donors (Lipinski definition) is 1. The van der Waals surface area contributed by atoms with Gasteiger partial charge in [0.15, 0.2) is 10.7 Å². The molecule has 5 nitrogen and oxygen atoms in total. The van der Waals surface area contributed by atoms with Crippen molar-refractivity contribution in [1.82, 2.24) is 4.98 Å². The third-order valence-corrected chi connectivity index (χ3v) is 4.45. The van der Waals surface area contributed by atoms with E-state index in [0.29, 0.717) is 17.1 Å². The molecule has 21 heavy (non-hydrogen) atoms. The molecule has 1 N–H and O–H groups in total. The van der Waals surface area contributed by atoms with E-state index in [4.69, 9.17) is 4.74 Å². The number of fused-ring (bicyclic) bond motifs is 1. The monoisotopic (exact) mass is 366 g/mol. The van der Waals surface area contributed by atoms with Gasteiger partial charge >= 0.3 is 5.97 Å². The number of nitrogens with one attached hydrogen (secondary N) is 1. The summed E-state index contributed by atoms with van der Waals surface area (Å²) in [5.41, 5.74) is 0.0476. The van der Waals surface area contributed by atoms with E-state index in [9.17, 15) is 9.59 Å². The van der Waals surface area contributed by atoms with Gasteiger partial charge in [0.1, 0.15) is 0 Å². The number of hydrogen-bond acceptors (Lipinski definition) is 5. The molecule has 1 aromatic heterocycles. The maximum absolute atomic E-state index is 12.4. The second-order valence-corrected chi connectivity index (χ2v) is 6.70. The molecule has 1 aliphatic rings. The summed E-state index contributed by atoms with van der Waals surface area (Å²) in [6, 6.07) is 5.31. The molecule has 0 radical (unpaired) electrons. The zero-order chi connectivity index (χ0) is 15.0. The van der Waals surface area contributed by atoms with Gasteiger partial charge in [0.2, 0.25) is 0 Å². The third kappa shape index (κ3) is 2.71. The van der Waals surface area contributed by atoms with Crippen LogP contribution in [0, 0.1) is 0 Å². The van der Waals surface area contributed by atoms with Gasteiger partial charge in [0, 0.05) is 22.5 Å². The Kier molecular flexibility index (Phi) is 3.54. The quantitative estimate of drug-likeness (QED) is 0.829. The van der Waals surface area contributed by atoms with Gasteiger partial charge in [-0.15, -0.1) is 11.3 Å². The zero-order valence-electron chi connectivity index (χ0n) is 11.1. The van der Waals surface area contributed by atoms with Gasteiger partial charge in [-0.1, -0.05) is 15.9 Å². The van der Waals surface area contributed by atoms with Gasteiger partial charge in [0.05, 0.1) is 5.56 Å². The lowest BCUT2D eigenvalue weighted by Crippen LogP contribution is -2.48. The van der Waals surface area contributed by atoms with Crippen LogP contribution in [0.1, 0.15) is 22.8 Å². The Morgan fingerprint density at radius 3 is 3.05 bits per heavy atom. The Bertz CT molecular complexity index is 717. The number of aromatic nitrogens is 1. The number of ether oxygens (including phenoxy) is 1. The third-order valence-electron chi connectivity index (χ3n) is 3.27. The fraction of sp³-hybridized carbons (Fsp3) is 0.214. The van der Waals surface area contributed by atoms with E-state index in [-0.39, 0.29) is 5.91 Å². The Morgan fingerprint density at radius 1 is 1.52 bits per heavy atom. The zero-order valence-corrected chi connectivity index (χ0v) is 13.5. The number of esters is 1. The summed E-state index contributed by atoms with van der Waals surface area (Å²) in [6.07, 6.45) is 1.92. The average molecular weight is 367 g/mol. The van der Waals surface area contributed by atoms with Crippen molar-refractivity contribution in [3.63, 3.8) is 0 Å². The molecule has 0 saturated heterocycles. The highest BCUT2D eigenvalue weighted by atomic mass is 79.9. The van der Waals surface area contributed by atoms with Crippen LogP contribution < -0.4 is 5.32 Å². The number of rotatable bonds is 2. The lowest BCUT2D eigenvalue weighted by Gasteiger charge is -2.32. The lowest BCUT2D eigenvalue weighted by atomic mass is 9.89. The number of carbonyl (C=O) groups excluding carboxylic acids is 2. The molecule has 1 atom stereocenters. The van der Waals surface area contributed by atoms with Gasteiger partial charge < -0.3 is 4.74 Å². The Labute approximate surface area is 133 Å². The largest absolute Gasteiger partial charge is 0.445 e. The predicted octanol–water partition coefficient (Wildman–Crippen LogP) is 3.02. The van der Waals surface area contributed by atoms with Crippen molar-refractivity contribution in [2.75, 3.05) is 5.32 Å². The lowest BCUT2D eigenvalue weighted by molar-refractivity contribution is -0.134. The first-order valence-electron chi connectivity index (χ1n) is 6.21. The number of nitrogens with zero attached hydrogens (tertiary/aromatic N) is 1. The summed E-state index contributed by atoms with van der Waals surface area (Å²) >= 11 is 4.68. The molecule has 0 bridgehead atoms. The minimum atomic E-state index is -1.24. The molecule has 0 aliphatic carbocycles. The second-order valence-electron chi connectivity index (χ2n) is 4.89. The van der Waals surface area contributed by atoms with E-state index in [1.165, 1.54) is 11.3 Å². The Hall–Kier alpha value is -1.73. The first-order chi connectivity index (χ1) is 9.98. The van der Waals surface area contributed by atoms with Crippen LogP contribution in [0.2, 0.25) is 0 Å². The minimum absolute atomic E-state index is 0.324. The summed E-state index contributed by atoms with van der Waals surface area (Å²) in [5.74, 6) is -0.864. The summed E-state index contributed by atoms with van der Waals surface area (Å²) in [6.45, 7) is 1.61. The van der Waals surface area contributed by atoms with Crippen LogP contribution in [-0.2, 0) is 16.0 Å². The smallest absolute Gasteiger partial charge is 0.339 e. The highest BCUT2D eigenvalue weighted by Crippen LogP contribution is 2.31. The van der Waals surface area contributed by atoms with Crippen LogP contribution in [-0.4, -0.2) is 22.5 Å². The average Bonchev–Trinajstić information content (AvgIpc) is 2.90. The number of halogens is 1. The molecule has 0 spiro atoms. The van der Waals surface area contributed by atoms with Crippen LogP contribution in [0.5, 0.6) is 0 Å². The normalized spacial score (nSPS) is 20.6. The molecule has 1 aliphatic heterocycles. The van der Waals surface area contributed by atoms with Crippen LogP contribution in [0.3, 0.4) is 0 Å². The van der Waals surface area contributed by atoms with Gasteiger partial charge in [-0.3, -0.25) is 10.1 Å². The molecule has 1 unspecified atom stereocenters. The van der Waals surface area contributed by atoms with Crippen LogP contribution in [0.25, 0.3) is 0 Å². The second kappa shape index (κ2) is 5.23. The van der Waals surface area contributed by atoms with Gasteiger partial charge in [-0.2, -0.15) is 0 Å². The molecule has 3 rings (SSSR count). The van der Waals surface area contributed by atoms with Crippen LogP contribution >= 0.6 is 27.3 Å². The van der Waals surface area contributed by atoms with Crippen molar-refractivity contribution in [1.29, 1.82) is 0 Å². The highest BCUT2D eigenvalue weighted by Gasteiger charge is 2.43. The number of carbonyl (C=O) groups is 2. The van der Waals surface area contributed by atoms with Crippen molar-refractivity contribution >= 4 is 44.3 Å². The van der Waals surface area contributed by atoms with E-state index in [2.05, 4.69) is 26.2 Å². The SMILES string of the molecule is CC1(C(=O)Nc2nccs2)Cc2cc(Br)ccc2C(=O)O1. The molecule has 1 amide bonds. The van der Waals surface area contributed by atoms with E-state index in [1.54, 1.807) is 30.6 Å². The summed E-state index contributed by atoms with van der Waals surface area (Å²) in [5, 5.41) is 4.92. The number of benzene rings is 1. The van der Waals surface area contributed by atoms with Crippen molar-refractivity contribution in [3.05, 3.63) is 45.4 Å². The fourth-order valence-electron chi connectivity index (χ4n) is 2.21. The van der Waals surface area contributed by atoms with Gasteiger partial charge in [0.25, 0.3) is 5.91 Å². The number of thiazole rings is 1.